The Hall–Kier alpha value is -4.41. The Balaban J connectivity index is 1.42. The van der Waals surface area contributed by atoms with Crippen LogP contribution in [0.4, 0.5) is 11.4 Å². The number of methoxy groups -OCH3 is 2. The van der Waals surface area contributed by atoms with Gasteiger partial charge in [0.2, 0.25) is 5.91 Å². The number of hydrogen-bond donors (Lipinski definition) is 1. The molecule has 5 aromatic rings. The van der Waals surface area contributed by atoms with Gasteiger partial charge in [-0.1, -0.05) is 23.8 Å². The van der Waals surface area contributed by atoms with Gasteiger partial charge in [-0.25, -0.2) is 13.4 Å². The molecule has 10 heteroatoms. The molecule has 1 heterocycles. The topological polar surface area (TPSA) is 97.8 Å². The first-order valence-electron chi connectivity index (χ1n) is 12.8. The van der Waals surface area contributed by atoms with Crippen molar-refractivity contribution in [2.45, 2.75) is 18.7 Å². The average molecular weight is 588 g/mol. The summed E-state index contributed by atoms with van der Waals surface area (Å²) in [5.74, 6) is 0.185. The fraction of sp³-hybridized carbons (Fsp3) is 0.161. The number of aryl methyl sites for hydroxylation is 2. The van der Waals surface area contributed by atoms with E-state index in [0.717, 1.165) is 30.7 Å². The molecule has 1 N–H and O–H groups in total. The molecule has 0 bridgehead atoms. The number of carbonyl (C=O) groups excluding carboxylic acids is 1. The Morgan fingerprint density at radius 1 is 0.878 bits per heavy atom. The van der Waals surface area contributed by atoms with Crippen molar-refractivity contribution in [2.75, 3.05) is 30.4 Å². The van der Waals surface area contributed by atoms with Crippen LogP contribution in [0.25, 0.3) is 20.8 Å². The molecule has 0 fully saturated rings. The van der Waals surface area contributed by atoms with E-state index in [1.165, 1.54) is 38.0 Å². The third-order valence-electron chi connectivity index (χ3n) is 6.51. The number of benzene rings is 4. The molecule has 41 heavy (non-hydrogen) atoms. The number of carbonyl (C=O) groups is 1. The number of nitrogens with zero attached hydrogens (tertiary/aromatic N) is 2. The first-order valence-corrected chi connectivity index (χ1v) is 15.0. The number of aromatic nitrogens is 1. The largest absolute Gasteiger partial charge is 0.497 e. The Morgan fingerprint density at radius 3 is 2.27 bits per heavy atom. The number of hydrogen-bond acceptors (Lipinski definition) is 7. The molecule has 210 valence electrons. The Kier molecular flexibility index (Phi) is 7.96. The van der Waals surface area contributed by atoms with Crippen molar-refractivity contribution in [3.05, 3.63) is 96.1 Å². The zero-order valence-corrected chi connectivity index (χ0v) is 24.7. The van der Waals surface area contributed by atoms with Crippen molar-refractivity contribution >= 4 is 48.9 Å². The minimum absolute atomic E-state index is 0.0520. The average Bonchev–Trinajstić information content (AvgIpc) is 3.39. The van der Waals surface area contributed by atoms with Crippen molar-refractivity contribution in [2.24, 2.45) is 0 Å². The zero-order chi connectivity index (χ0) is 29.1. The predicted molar refractivity (Wildman–Crippen MR) is 164 cm³/mol. The van der Waals surface area contributed by atoms with Crippen molar-refractivity contribution < 1.29 is 22.7 Å². The van der Waals surface area contributed by atoms with Gasteiger partial charge in [0, 0.05) is 17.3 Å². The molecular formula is C31H29N3O5S2. The second-order valence-corrected chi connectivity index (χ2v) is 12.4. The summed E-state index contributed by atoms with van der Waals surface area (Å²) in [6, 6.07) is 24.7. The minimum Gasteiger partial charge on any atom is -0.497 e. The summed E-state index contributed by atoms with van der Waals surface area (Å²) >= 11 is 1.60. The standard InChI is InChI=1S/C31H29N3O5S2/c1-20-5-13-25(14-6-20)41(36,37)34(27-18-24(38-3)12-16-28(27)39-4)19-30(35)32-23-10-8-22(9-11-23)31-33-26-15-7-21(2)17-29(26)40-31/h5-18H,19H2,1-4H3,(H,32,35). The number of nitrogens with one attached hydrogen (secondary N) is 1. The third-order valence-corrected chi connectivity index (χ3v) is 9.35. The van der Waals surface area contributed by atoms with Gasteiger partial charge in [-0.05, 0) is 80.1 Å². The third kappa shape index (κ3) is 6.03. The lowest BCUT2D eigenvalue weighted by Crippen LogP contribution is -2.38. The Labute approximate surface area is 243 Å². The molecule has 0 saturated carbocycles. The summed E-state index contributed by atoms with van der Waals surface area (Å²) in [5, 5.41) is 3.70. The predicted octanol–water partition coefficient (Wildman–Crippen LogP) is 6.43. The van der Waals surface area contributed by atoms with E-state index >= 15 is 0 Å². The molecule has 8 nitrogen and oxygen atoms in total. The minimum atomic E-state index is -4.14. The Morgan fingerprint density at radius 2 is 1.59 bits per heavy atom. The maximum absolute atomic E-state index is 13.8. The van der Waals surface area contributed by atoms with Crippen LogP contribution in [0.5, 0.6) is 11.5 Å². The van der Waals surface area contributed by atoms with Crippen LogP contribution < -0.4 is 19.1 Å². The van der Waals surface area contributed by atoms with Gasteiger partial charge in [-0.15, -0.1) is 11.3 Å². The number of rotatable bonds is 9. The molecule has 1 aromatic heterocycles. The normalized spacial score (nSPS) is 11.3. The van der Waals surface area contributed by atoms with Crippen LogP contribution in [0.1, 0.15) is 11.1 Å². The fourth-order valence-corrected chi connectivity index (χ4v) is 6.80. The van der Waals surface area contributed by atoms with Gasteiger partial charge in [0.1, 0.15) is 23.1 Å². The zero-order valence-electron chi connectivity index (χ0n) is 23.0. The number of ether oxygens (including phenoxy) is 2. The van der Waals surface area contributed by atoms with Crippen molar-refractivity contribution in [3.8, 4) is 22.1 Å². The molecule has 0 atom stereocenters. The number of sulfonamides is 1. The molecule has 0 radical (unpaired) electrons. The van der Waals surface area contributed by atoms with Gasteiger partial charge < -0.3 is 14.8 Å². The summed E-state index contributed by atoms with van der Waals surface area (Å²) in [6.07, 6.45) is 0. The molecule has 0 saturated heterocycles. The van der Waals surface area contributed by atoms with Crippen LogP contribution in [0, 0.1) is 13.8 Å². The summed E-state index contributed by atoms with van der Waals surface area (Å²) in [7, 11) is -1.22. The highest BCUT2D eigenvalue weighted by molar-refractivity contribution is 7.92. The quantitative estimate of drug-likeness (QED) is 0.213. The van der Waals surface area contributed by atoms with Crippen LogP contribution >= 0.6 is 11.3 Å². The first kappa shape index (κ1) is 28.1. The molecular weight excluding hydrogens is 558 g/mol. The van der Waals surface area contributed by atoms with Crippen LogP contribution in [0.3, 0.4) is 0 Å². The van der Waals surface area contributed by atoms with E-state index < -0.39 is 22.5 Å². The van der Waals surface area contributed by atoms with Crippen LogP contribution in [-0.4, -0.2) is 40.1 Å². The Bertz CT molecular complexity index is 1820. The molecule has 0 aliphatic carbocycles. The first-order chi connectivity index (χ1) is 19.7. The lowest BCUT2D eigenvalue weighted by molar-refractivity contribution is -0.114. The van der Waals surface area contributed by atoms with E-state index in [9.17, 15) is 13.2 Å². The second-order valence-electron chi connectivity index (χ2n) is 9.48. The van der Waals surface area contributed by atoms with E-state index in [1.807, 2.05) is 38.1 Å². The van der Waals surface area contributed by atoms with Gasteiger partial charge in [0.05, 0.1) is 35.0 Å². The van der Waals surface area contributed by atoms with Gasteiger partial charge in [0.25, 0.3) is 10.0 Å². The molecule has 0 aliphatic heterocycles. The number of amides is 1. The summed E-state index contributed by atoms with van der Waals surface area (Å²) in [5.41, 5.74) is 4.67. The number of fused-ring (bicyclic) bond motifs is 1. The summed E-state index contributed by atoms with van der Waals surface area (Å²) < 4.78 is 40.6. The van der Waals surface area contributed by atoms with Crippen LogP contribution in [-0.2, 0) is 14.8 Å². The van der Waals surface area contributed by atoms with Crippen molar-refractivity contribution in [1.29, 1.82) is 0 Å². The van der Waals surface area contributed by atoms with Gasteiger partial charge in [-0.2, -0.15) is 0 Å². The van der Waals surface area contributed by atoms with E-state index in [0.29, 0.717) is 11.4 Å². The smallest absolute Gasteiger partial charge is 0.264 e. The van der Waals surface area contributed by atoms with Gasteiger partial charge in [-0.3, -0.25) is 9.10 Å². The molecule has 1 amide bonds. The summed E-state index contributed by atoms with van der Waals surface area (Å²) in [4.78, 5) is 18.1. The van der Waals surface area contributed by atoms with Crippen molar-refractivity contribution in [3.63, 3.8) is 0 Å². The van der Waals surface area contributed by atoms with Crippen LogP contribution in [0.15, 0.2) is 89.8 Å². The second kappa shape index (κ2) is 11.6. The van der Waals surface area contributed by atoms with E-state index in [2.05, 4.69) is 11.4 Å². The lowest BCUT2D eigenvalue weighted by atomic mass is 10.2. The van der Waals surface area contributed by atoms with Gasteiger partial charge in [0.15, 0.2) is 0 Å². The van der Waals surface area contributed by atoms with Crippen LogP contribution in [0.2, 0.25) is 0 Å². The highest BCUT2D eigenvalue weighted by Gasteiger charge is 2.30. The molecule has 0 spiro atoms. The molecule has 0 aliphatic rings. The number of thiazole rings is 1. The molecule has 0 unspecified atom stereocenters. The molecule has 5 rings (SSSR count). The monoisotopic (exact) mass is 587 g/mol. The maximum Gasteiger partial charge on any atom is 0.264 e. The van der Waals surface area contributed by atoms with E-state index in [1.54, 1.807) is 47.7 Å². The van der Waals surface area contributed by atoms with E-state index in [4.69, 9.17) is 14.5 Å². The van der Waals surface area contributed by atoms with E-state index in [-0.39, 0.29) is 16.3 Å². The molecule has 4 aromatic carbocycles. The highest BCUT2D eigenvalue weighted by atomic mass is 32.2. The number of anilines is 2. The van der Waals surface area contributed by atoms with Gasteiger partial charge >= 0.3 is 0 Å². The summed E-state index contributed by atoms with van der Waals surface area (Å²) in [6.45, 7) is 3.43. The maximum atomic E-state index is 13.8. The lowest BCUT2D eigenvalue weighted by Gasteiger charge is -2.26. The fourth-order valence-electron chi connectivity index (χ4n) is 4.31. The SMILES string of the molecule is COc1ccc(OC)c(N(CC(=O)Nc2ccc(-c3nc4ccc(C)cc4s3)cc2)S(=O)(=O)c2ccc(C)cc2)c1. The highest BCUT2D eigenvalue weighted by Crippen LogP contribution is 2.36. The van der Waals surface area contributed by atoms with Crippen molar-refractivity contribution in [1.82, 2.24) is 4.98 Å².